The summed E-state index contributed by atoms with van der Waals surface area (Å²) in [7, 11) is 0. The summed E-state index contributed by atoms with van der Waals surface area (Å²) in [6.07, 6.45) is 1.04. The molecule has 1 aromatic rings. The number of alkyl halides is 3. The van der Waals surface area contributed by atoms with Crippen molar-refractivity contribution < 1.29 is 27.8 Å². The van der Waals surface area contributed by atoms with Crippen molar-refractivity contribution in [1.82, 2.24) is 4.90 Å². The van der Waals surface area contributed by atoms with Crippen LogP contribution in [0.4, 0.5) is 13.2 Å². The molecule has 31 heavy (non-hydrogen) atoms. The number of rotatable bonds is 8. The fourth-order valence-electron chi connectivity index (χ4n) is 5.09. The Bertz CT molecular complexity index is 714. The first-order valence-electron chi connectivity index (χ1n) is 11.4. The maximum atomic E-state index is 13.0. The number of ether oxygens (including phenoxy) is 1. The van der Waals surface area contributed by atoms with E-state index in [1.54, 1.807) is 0 Å². The average Bonchev–Trinajstić information content (AvgIpc) is 3.19. The number of carboxylic acids is 1. The number of nitrogens with zero attached hydrogens (tertiary/aromatic N) is 1. The predicted octanol–water partition coefficient (Wildman–Crippen LogP) is 5.92. The van der Waals surface area contributed by atoms with E-state index in [1.165, 1.54) is 37.8 Å². The van der Waals surface area contributed by atoms with Crippen LogP contribution in [0, 0.1) is 11.8 Å². The molecule has 1 aliphatic heterocycles. The van der Waals surface area contributed by atoms with E-state index < -0.39 is 29.9 Å². The SMILES string of the molecule is CC(C)CN(CC1CCCC1)C1CCC(CC(=O)O)OC1c1ccc(C(F)(F)F)cc1. The monoisotopic (exact) mass is 441 g/mol. The lowest BCUT2D eigenvalue weighted by molar-refractivity contribution is -0.148. The maximum absolute atomic E-state index is 13.0. The molecule has 7 heteroatoms. The van der Waals surface area contributed by atoms with Crippen LogP contribution in [0.25, 0.3) is 0 Å². The molecule has 0 spiro atoms. The first kappa shape index (κ1) is 24.1. The second kappa shape index (κ2) is 10.3. The van der Waals surface area contributed by atoms with Gasteiger partial charge in [-0.05, 0) is 55.2 Å². The third kappa shape index (κ3) is 6.69. The summed E-state index contributed by atoms with van der Waals surface area (Å²) in [5.41, 5.74) is 0.00366. The number of hydrogen-bond acceptors (Lipinski definition) is 3. The first-order chi connectivity index (χ1) is 14.6. The molecule has 0 bridgehead atoms. The molecule has 1 aliphatic carbocycles. The number of benzene rings is 1. The van der Waals surface area contributed by atoms with Crippen LogP contribution < -0.4 is 0 Å². The van der Waals surface area contributed by atoms with Gasteiger partial charge in [0.25, 0.3) is 0 Å². The van der Waals surface area contributed by atoms with Gasteiger partial charge in [-0.25, -0.2) is 0 Å². The topological polar surface area (TPSA) is 49.8 Å². The fraction of sp³-hybridized carbons (Fsp3) is 0.708. The molecule has 0 amide bonds. The Balaban J connectivity index is 1.86. The molecule has 3 unspecified atom stereocenters. The van der Waals surface area contributed by atoms with Gasteiger partial charge < -0.3 is 9.84 Å². The minimum absolute atomic E-state index is 0.0322. The summed E-state index contributed by atoms with van der Waals surface area (Å²) in [6, 6.07) is 5.21. The van der Waals surface area contributed by atoms with Crippen molar-refractivity contribution in [2.24, 2.45) is 11.8 Å². The zero-order valence-electron chi connectivity index (χ0n) is 18.4. The van der Waals surface area contributed by atoms with E-state index in [0.717, 1.165) is 31.6 Å². The van der Waals surface area contributed by atoms with Gasteiger partial charge in [-0.1, -0.05) is 38.8 Å². The molecule has 0 aromatic heterocycles. The van der Waals surface area contributed by atoms with Crippen molar-refractivity contribution in [3.63, 3.8) is 0 Å². The summed E-state index contributed by atoms with van der Waals surface area (Å²) in [5, 5.41) is 9.22. The smallest absolute Gasteiger partial charge is 0.416 e. The van der Waals surface area contributed by atoms with Crippen LogP contribution in [0.15, 0.2) is 24.3 Å². The molecule has 3 atom stereocenters. The lowest BCUT2D eigenvalue weighted by atomic mass is 9.89. The van der Waals surface area contributed by atoms with Gasteiger partial charge in [0.15, 0.2) is 0 Å². The molecule has 1 saturated heterocycles. The molecule has 2 aliphatic rings. The van der Waals surface area contributed by atoms with E-state index in [0.29, 0.717) is 23.8 Å². The summed E-state index contributed by atoms with van der Waals surface area (Å²) >= 11 is 0. The molecule has 4 nitrogen and oxygen atoms in total. The molecule has 174 valence electrons. The van der Waals surface area contributed by atoms with Gasteiger partial charge in [0.05, 0.1) is 24.2 Å². The fourth-order valence-corrected chi connectivity index (χ4v) is 5.09. The summed E-state index contributed by atoms with van der Waals surface area (Å²) < 4.78 is 45.4. The van der Waals surface area contributed by atoms with Crippen LogP contribution in [-0.4, -0.2) is 41.2 Å². The van der Waals surface area contributed by atoms with Crippen molar-refractivity contribution >= 4 is 5.97 Å². The van der Waals surface area contributed by atoms with E-state index in [9.17, 15) is 23.1 Å². The van der Waals surface area contributed by atoms with Crippen LogP contribution in [0.3, 0.4) is 0 Å². The van der Waals surface area contributed by atoms with E-state index in [4.69, 9.17) is 4.74 Å². The Labute approximate surface area is 182 Å². The Morgan fingerprint density at radius 1 is 1.13 bits per heavy atom. The highest BCUT2D eigenvalue weighted by atomic mass is 19.4. The second-order valence-corrected chi connectivity index (χ2v) is 9.54. The molecule has 3 rings (SSSR count). The van der Waals surface area contributed by atoms with Crippen molar-refractivity contribution in [3.05, 3.63) is 35.4 Å². The Morgan fingerprint density at radius 3 is 2.32 bits per heavy atom. The van der Waals surface area contributed by atoms with Gasteiger partial charge in [0, 0.05) is 19.1 Å². The number of carboxylic acid groups (broad SMARTS) is 1. The van der Waals surface area contributed by atoms with Crippen LogP contribution in [0.1, 0.15) is 76.0 Å². The van der Waals surface area contributed by atoms with Gasteiger partial charge in [-0.2, -0.15) is 13.2 Å². The Kier molecular flexibility index (Phi) is 8.03. The lowest BCUT2D eigenvalue weighted by Crippen LogP contribution is -2.48. The molecule has 1 aromatic carbocycles. The summed E-state index contributed by atoms with van der Waals surface area (Å²) in [4.78, 5) is 13.7. The maximum Gasteiger partial charge on any atom is 0.416 e. The van der Waals surface area contributed by atoms with Gasteiger partial charge in [0.1, 0.15) is 0 Å². The quantitative estimate of drug-likeness (QED) is 0.544. The zero-order valence-corrected chi connectivity index (χ0v) is 18.4. The van der Waals surface area contributed by atoms with E-state index >= 15 is 0 Å². The highest BCUT2D eigenvalue weighted by Crippen LogP contribution is 2.39. The Morgan fingerprint density at radius 2 is 1.77 bits per heavy atom. The third-order valence-electron chi connectivity index (χ3n) is 6.48. The molecule has 1 N–H and O–H groups in total. The van der Waals surface area contributed by atoms with Gasteiger partial charge in [-0.3, -0.25) is 9.69 Å². The number of halogens is 3. The summed E-state index contributed by atoms with van der Waals surface area (Å²) in [6.45, 7) is 6.20. The Hall–Kier alpha value is -1.60. The van der Waals surface area contributed by atoms with Crippen LogP contribution in [0.2, 0.25) is 0 Å². The number of aliphatic carboxylic acids is 1. The van der Waals surface area contributed by atoms with Crippen molar-refractivity contribution in [3.8, 4) is 0 Å². The number of carbonyl (C=O) groups is 1. The average molecular weight is 442 g/mol. The predicted molar refractivity (Wildman–Crippen MR) is 113 cm³/mol. The minimum Gasteiger partial charge on any atom is -0.481 e. The van der Waals surface area contributed by atoms with E-state index in [2.05, 4.69) is 18.7 Å². The van der Waals surface area contributed by atoms with Gasteiger partial charge in [-0.15, -0.1) is 0 Å². The molecule has 0 radical (unpaired) electrons. The van der Waals surface area contributed by atoms with Crippen molar-refractivity contribution in [2.45, 2.75) is 83.2 Å². The standard InChI is InChI=1S/C24H34F3NO3/c1-16(2)14-28(15-17-5-3-4-6-17)21-12-11-20(13-22(29)30)31-23(21)18-7-9-19(10-8-18)24(25,26)27/h7-10,16-17,20-21,23H,3-6,11-15H2,1-2H3,(H,29,30). The molecule has 1 heterocycles. The molecular formula is C24H34F3NO3. The van der Waals surface area contributed by atoms with Gasteiger partial charge >= 0.3 is 12.1 Å². The normalized spacial score (nSPS) is 25.5. The molecular weight excluding hydrogens is 407 g/mol. The van der Waals surface area contributed by atoms with Gasteiger partial charge in [0.2, 0.25) is 0 Å². The molecule has 2 fully saturated rings. The minimum atomic E-state index is -4.39. The lowest BCUT2D eigenvalue weighted by Gasteiger charge is -2.44. The van der Waals surface area contributed by atoms with E-state index in [1.807, 2.05) is 0 Å². The zero-order chi connectivity index (χ0) is 22.6. The highest BCUT2D eigenvalue weighted by Gasteiger charge is 2.38. The number of hydrogen-bond donors (Lipinski definition) is 1. The highest BCUT2D eigenvalue weighted by molar-refractivity contribution is 5.67. The molecule has 1 saturated carbocycles. The van der Waals surface area contributed by atoms with Crippen molar-refractivity contribution in [1.29, 1.82) is 0 Å². The summed E-state index contributed by atoms with van der Waals surface area (Å²) in [5.74, 6) is 0.176. The first-order valence-corrected chi connectivity index (χ1v) is 11.4. The van der Waals surface area contributed by atoms with Crippen LogP contribution in [-0.2, 0) is 15.7 Å². The van der Waals surface area contributed by atoms with Crippen LogP contribution >= 0.6 is 0 Å². The largest absolute Gasteiger partial charge is 0.481 e. The second-order valence-electron chi connectivity index (χ2n) is 9.54. The van der Waals surface area contributed by atoms with E-state index in [-0.39, 0.29) is 12.5 Å². The van der Waals surface area contributed by atoms with Crippen LogP contribution in [0.5, 0.6) is 0 Å². The van der Waals surface area contributed by atoms with Crippen molar-refractivity contribution in [2.75, 3.05) is 13.1 Å². The third-order valence-corrected chi connectivity index (χ3v) is 6.48.